The van der Waals surface area contributed by atoms with E-state index in [-0.39, 0.29) is 12.1 Å². The number of hydrogen-bond donors (Lipinski definition) is 0. The number of carbonyl (C=O) groups excluding carboxylic acids is 1. The summed E-state index contributed by atoms with van der Waals surface area (Å²) in [5.74, 6) is 0.493. The Morgan fingerprint density at radius 2 is 2.20 bits per heavy atom. The van der Waals surface area contributed by atoms with Crippen LogP contribution < -0.4 is 0 Å². The zero-order valence-corrected chi connectivity index (χ0v) is 7.24. The summed E-state index contributed by atoms with van der Waals surface area (Å²) in [5.41, 5.74) is 0. The van der Waals surface area contributed by atoms with Crippen molar-refractivity contribution in [2.45, 2.75) is 32.8 Å². The quantitative estimate of drug-likeness (QED) is 0.589. The Morgan fingerprint density at radius 1 is 1.60 bits per heavy atom. The molecule has 0 bridgehead atoms. The maximum atomic E-state index is 10.7. The van der Waals surface area contributed by atoms with Crippen LogP contribution in [0.3, 0.4) is 0 Å². The van der Waals surface area contributed by atoms with Crippen molar-refractivity contribution < 1.29 is 9.53 Å². The van der Waals surface area contributed by atoms with Crippen molar-refractivity contribution in [3.05, 3.63) is 0 Å². The fraction of sp³-hybridized carbons (Fsp3) is 0.857. The van der Waals surface area contributed by atoms with E-state index in [9.17, 15) is 4.79 Å². The number of carbonyl (C=O) groups is 1. The molecule has 0 fully saturated rings. The van der Waals surface area contributed by atoms with Gasteiger partial charge < -0.3 is 4.74 Å². The largest absolute Gasteiger partial charge is 0.463 e. The average molecular weight is 161 g/mol. The Bertz CT molecular complexity index is 102. The van der Waals surface area contributed by atoms with E-state index >= 15 is 0 Å². The van der Waals surface area contributed by atoms with Gasteiger partial charge in [0.05, 0.1) is 6.10 Å². The Hall–Kier alpha value is -0.180. The predicted octanol–water partition coefficient (Wildman–Crippen LogP) is 1.92. The van der Waals surface area contributed by atoms with Gasteiger partial charge >= 0.3 is 5.97 Å². The van der Waals surface area contributed by atoms with E-state index in [4.69, 9.17) is 4.74 Å². The molecule has 0 heterocycles. The lowest BCUT2D eigenvalue weighted by molar-refractivity contribution is -0.147. The van der Waals surface area contributed by atoms with E-state index in [0.717, 1.165) is 6.42 Å². The van der Waals surface area contributed by atoms with Crippen LogP contribution in [-0.4, -0.2) is 17.8 Å². The van der Waals surface area contributed by atoms with Crippen LogP contribution in [0.25, 0.3) is 0 Å². The van der Waals surface area contributed by atoms with Crippen LogP contribution in [0.2, 0.25) is 0 Å². The molecule has 0 aromatic rings. The van der Waals surface area contributed by atoms with Gasteiger partial charge in [0.2, 0.25) is 0 Å². The predicted molar refractivity (Wildman–Crippen MR) is 42.9 cm³/mol. The van der Waals surface area contributed by atoms with E-state index in [1.807, 2.05) is 13.8 Å². The van der Waals surface area contributed by atoms with Crippen LogP contribution in [-0.2, 0) is 9.53 Å². The van der Waals surface area contributed by atoms with Gasteiger partial charge in [0.25, 0.3) is 0 Å². The summed E-state index contributed by atoms with van der Waals surface area (Å²) in [6, 6.07) is 0. The van der Waals surface area contributed by atoms with E-state index in [2.05, 4.69) is 12.6 Å². The molecule has 10 heavy (non-hydrogen) atoms. The van der Waals surface area contributed by atoms with Crippen molar-refractivity contribution in [1.29, 1.82) is 0 Å². The molecule has 0 aliphatic carbocycles. The second kappa shape index (κ2) is 5.59. The second-order valence-electron chi connectivity index (χ2n) is 2.35. The SMILES string of the molecule is CC(C)OC(=O)CCC[S]. The topological polar surface area (TPSA) is 26.3 Å². The third-order valence-corrected chi connectivity index (χ3v) is 1.18. The number of esters is 1. The van der Waals surface area contributed by atoms with E-state index in [1.165, 1.54) is 0 Å². The van der Waals surface area contributed by atoms with E-state index in [1.54, 1.807) is 0 Å². The molecule has 1 radical (unpaired) electrons. The molecule has 0 atom stereocenters. The molecule has 0 aliphatic rings. The van der Waals surface area contributed by atoms with Gasteiger partial charge in [-0.2, -0.15) is 0 Å². The van der Waals surface area contributed by atoms with Gasteiger partial charge in [0, 0.05) is 12.2 Å². The van der Waals surface area contributed by atoms with Crippen LogP contribution in [0, 0.1) is 0 Å². The molecule has 59 valence electrons. The van der Waals surface area contributed by atoms with Crippen molar-refractivity contribution in [1.82, 2.24) is 0 Å². The monoisotopic (exact) mass is 161 g/mol. The molecule has 0 rings (SSSR count). The highest BCUT2D eigenvalue weighted by molar-refractivity contribution is 7.80. The fourth-order valence-electron chi connectivity index (χ4n) is 0.538. The van der Waals surface area contributed by atoms with Crippen LogP contribution in [0.15, 0.2) is 0 Å². The molecule has 0 spiro atoms. The number of ether oxygens (including phenoxy) is 1. The normalized spacial score (nSPS) is 10.0. The lowest BCUT2D eigenvalue weighted by Gasteiger charge is -2.06. The number of rotatable bonds is 4. The molecular formula is C7H13O2S. The summed E-state index contributed by atoms with van der Waals surface area (Å²) in [6.07, 6.45) is 1.21. The van der Waals surface area contributed by atoms with Crippen molar-refractivity contribution in [2.24, 2.45) is 0 Å². The van der Waals surface area contributed by atoms with Gasteiger partial charge in [-0.25, -0.2) is 0 Å². The average Bonchev–Trinajstić information content (AvgIpc) is 1.82. The fourth-order valence-corrected chi connectivity index (χ4v) is 0.683. The molecule has 0 aromatic carbocycles. The first kappa shape index (κ1) is 9.82. The van der Waals surface area contributed by atoms with Crippen molar-refractivity contribution >= 4 is 18.6 Å². The van der Waals surface area contributed by atoms with Gasteiger partial charge in [-0.3, -0.25) is 4.79 Å². The Balaban J connectivity index is 3.26. The maximum Gasteiger partial charge on any atom is 0.306 e. The summed E-state index contributed by atoms with van der Waals surface area (Å²) in [5, 5.41) is 0. The van der Waals surface area contributed by atoms with Crippen molar-refractivity contribution in [3.63, 3.8) is 0 Å². The highest BCUT2D eigenvalue weighted by atomic mass is 32.1. The molecule has 0 saturated carbocycles. The first-order chi connectivity index (χ1) is 4.66. The van der Waals surface area contributed by atoms with Gasteiger partial charge in [-0.05, 0) is 20.3 Å². The lowest BCUT2D eigenvalue weighted by atomic mass is 10.3. The Kier molecular flexibility index (Phi) is 5.49. The van der Waals surface area contributed by atoms with E-state index in [0.29, 0.717) is 12.2 Å². The molecule has 0 N–H and O–H groups in total. The Morgan fingerprint density at radius 3 is 2.60 bits per heavy atom. The molecule has 0 unspecified atom stereocenters. The minimum Gasteiger partial charge on any atom is -0.463 e. The zero-order valence-electron chi connectivity index (χ0n) is 6.42. The first-order valence-electron chi connectivity index (χ1n) is 3.44. The minimum absolute atomic E-state index is 0.00220. The highest BCUT2D eigenvalue weighted by Crippen LogP contribution is 1.97. The molecular weight excluding hydrogens is 148 g/mol. The molecule has 0 aromatic heterocycles. The molecule has 3 heteroatoms. The summed E-state index contributed by atoms with van der Waals surface area (Å²) < 4.78 is 4.87. The molecule has 0 aliphatic heterocycles. The van der Waals surface area contributed by atoms with Crippen LogP contribution in [0.1, 0.15) is 26.7 Å². The molecule has 0 saturated heterocycles. The molecule has 2 nitrogen and oxygen atoms in total. The van der Waals surface area contributed by atoms with Gasteiger partial charge in [0.1, 0.15) is 0 Å². The van der Waals surface area contributed by atoms with Gasteiger partial charge in [-0.1, -0.05) is 12.6 Å². The second-order valence-corrected chi connectivity index (χ2v) is 2.75. The standard InChI is InChI=1S/C7H13O2S/c1-6(2)9-7(8)4-3-5-10/h6H,3-5H2,1-2H3. The summed E-state index contributed by atoms with van der Waals surface area (Å²) in [6.45, 7) is 3.68. The number of hydrogen-bond acceptors (Lipinski definition) is 2. The minimum atomic E-state index is -0.139. The van der Waals surface area contributed by atoms with E-state index < -0.39 is 0 Å². The first-order valence-corrected chi connectivity index (χ1v) is 4.02. The summed E-state index contributed by atoms with van der Waals surface area (Å²) in [7, 11) is 0. The van der Waals surface area contributed by atoms with Gasteiger partial charge in [0.15, 0.2) is 0 Å². The summed E-state index contributed by atoms with van der Waals surface area (Å²) >= 11 is 4.68. The molecule has 0 amide bonds. The van der Waals surface area contributed by atoms with Crippen LogP contribution in [0.4, 0.5) is 0 Å². The maximum absolute atomic E-state index is 10.7. The Labute approximate surface area is 67.4 Å². The third-order valence-electron chi connectivity index (χ3n) is 0.892. The van der Waals surface area contributed by atoms with Crippen LogP contribution >= 0.6 is 12.6 Å². The highest BCUT2D eigenvalue weighted by Gasteiger charge is 2.02. The summed E-state index contributed by atoms with van der Waals surface area (Å²) in [4.78, 5) is 10.7. The van der Waals surface area contributed by atoms with Crippen molar-refractivity contribution in [2.75, 3.05) is 5.75 Å². The lowest BCUT2D eigenvalue weighted by Crippen LogP contribution is -2.10. The van der Waals surface area contributed by atoms with Gasteiger partial charge in [-0.15, -0.1) is 0 Å². The van der Waals surface area contributed by atoms with Crippen molar-refractivity contribution in [3.8, 4) is 0 Å². The smallest absolute Gasteiger partial charge is 0.306 e. The third kappa shape index (κ3) is 5.95. The zero-order chi connectivity index (χ0) is 7.98. The van der Waals surface area contributed by atoms with Crippen LogP contribution in [0.5, 0.6) is 0 Å².